The summed E-state index contributed by atoms with van der Waals surface area (Å²) in [5.41, 5.74) is -0.435. The normalized spacial score (nSPS) is 17.9. The van der Waals surface area contributed by atoms with Crippen LogP contribution in [0.25, 0.3) is 0 Å². The zero-order chi connectivity index (χ0) is 20.3. The Kier molecular flexibility index (Phi) is 5.75. The topological polar surface area (TPSA) is 119 Å². The van der Waals surface area contributed by atoms with Crippen LogP contribution in [0.1, 0.15) is 12.8 Å². The molecule has 1 aliphatic heterocycles. The molecular weight excluding hydrogens is 386 g/mol. The number of hydrogen-bond donors (Lipinski definition) is 0. The third-order valence-corrected chi connectivity index (χ3v) is 6.30. The minimum absolute atomic E-state index is 0.0888. The fourth-order valence-electron chi connectivity index (χ4n) is 2.97. The number of nitro benzene ring substituents is 1. The van der Waals surface area contributed by atoms with Crippen LogP contribution in [-0.4, -0.2) is 61.1 Å². The Labute approximate surface area is 162 Å². The van der Waals surface area contributed by atoms with E-state index in [0.29, 0.717) is 24.5 Å². The molecule has 1 saturated heterocycles. The lowest BCUT2D eigenvalue weighted by Crippen LogP contribution is -2.44. The summed E-state index contributed by atoms with van der Waals surface area (Å²) in [7, 11) is -0.323. The monoisotopic (exact) mass is 407 g/mol. The van der Waals surface area contributed by atoms with Gasteiger partial charge in [-0.2, -0.15) is 4.31 Å². The van der Waals surface area contributed by atoms with Crippen LogP contribution in [0.4, 0.5) is 11.5 Å². The van der Waals surface area contributed by atoms with Gasteiger partial charge in [0.15, 0.2) is 10.7 Å². The lowest BCUT2D eigenvalue weighted by Gasteiger charge is -2.31. The highest BCUT2D eigenvalue weighted by atomic mass is 32.2. The molecule has 0 radical (unpaired) electrons. The SMILES string of the molecule is CN(C)c1ccc(OC2CCCN(S(=O)(=O)c3ccccc3[N+](=O)[O-])C2)nn1. The Balaban J connectivity index is 1.76. The van der Waals surface area contributed by atoms with Gasteiger partial charge in [-0.05, 0) is 25.0 Å². The summed E-state index contributed by atoms with van der Waals surface area (Å²) in [5, 5.41) is 19.3. The van der Waals surface area contributed by atoms with Crippen LogP contribution in [0.15, 0.2) is 41.3 Å². The van der Waals surface area contributed by atoms with E-state index in [1.54, 1.807) is 17.0 Å². The first-order valence-electron chi connectivity index (χ1n) is 8.70. The molecule has 1 fully saturated rings. The molecule has 1 atom stereocenters. The number of nitrogens with zero attached hydrogens (tertiary/aromatic N) is 5. The van der Waals surface area contributed by atoms with E-state index < -0.39 is 26.7 Å². The Morgan fingerprint density at radius 1 is 1.21 bits per heavy atom. The van der Waals surface area contributed by atoms with Gasteiger partial charge in [-0.1, -0.05) is 12.1 Å². The van der Waals surface area contributed by atoms with Crippen molar-refractivity contribution in [3.05, 3.63) is 46.5 Å². The van der Waals surface area contributed by atoms with Crippen molar-refractivity contribution in [1.29, 1.82) is 0 Å². The lowest BCUT2D eigenvalue weighted by molar-refractivity contribution is -0.387. The number of anilines is 1. The minimum Gasteiger partial charge on any atom is -0.472 e. The van der Waals surface area contributed by atoms with Gasteiger partial charge in [-0.3, -0.25) is 10.1 Å². The van der Waals surface area contributed by atoms with E-state index in [1.165, 1.54) is 28.6 Å². The molecule has 0 bridgehead atoms. The average molecular weight is 407 g/mol. The van der Waals surface area contributed by atoms with Crippen molar-refractivity contribution < 1.29 is 18.1 Å². The van der Waals surface area contributed by atoms with Crippen molar-refractivity contribution in [3.63, 3.8) is 0 Å². The number of nitro groups is 1. The van der Waals surface area contributed by atoms with Gasteiger partial charge < -0.3 is 9.64 Å². The van der Waals surface area contributed by atoms with Gasteiger partial charge in [0.05, 0.1) is 11.5 Å². The molecule has 0 amide bonds. The lowest BCUT2D eigenvalue weighted by atomic mass is 10.1. The van der Waals surface area contributed by atoms with E-state index in [9.17, 15) is 18.5 Å². The second kappa shape index (κ2) is 8.07. The fraction of sp³-hybridized carbons (Fsp3) is 0.412. The third kappa shape index (κ3) is 4.20. The zero-order valence-corrected chi connectivity index (χ0v) is 16.4. The molecule has 3 rings (SSSR count). The van der Waals surface area contributed by atoms with E-state index in [4.69, 9.17) is 4.74 Å². The molecule has 0 aliphatic carbocycles. The Hall–Kier alpha value is -2.79. The van der Waals surface area contributed by atoms with E-state index >= 15 is 0 Å². The molecule has 1 aliphatic rings. The van der Waals surface area contributed by atoms with E-state index in [0.717, 1.165) is 0 Å². The Morgan fingerprint density at radius 2 is 1.96 bits per heavy atom. The first-order valence-corrected chi connectivity index (χ1v) is 10.1. The number of rotatable bonds is 6. The van der Waals surface area contributed by atoms with Crippen LogP contribution in [0, 0.1) is 10.1 Å². The summed E-state index contributed by atoms with van der Waals surface area (Å²) in [5.74, 6) is 0.983. The largest absolute Gasteiger partial charge is 0.472 e. The van der Waals surface area contributed by atoms with Crippen molar-refractivity contribution in [2.24, 2.45) is 0 Å². The van der Waals surface area contributed by atoms with E-state index in [2.05, 4.69) is 10.2 Å². The molecular formula is C17H21N5O5S. The standard InChI is InChI=1S/C17H21N5O5S/c1-20(2)16-9-10-17(19-18-16)27-13-6-5-11-21(12-13)28(25,26)15-8-4-3-7-14(15)22(23)24/h3-4,7-10,13H,5-6,11-12H2,1-2H3. The second-order valence-electron chi connectivity index (χ2n) is 6.59. The molecule has 0 N–H and O–H groups in total. The van der Waals surface area contributed by atoms with Gasteiger partial charge >= 0.3 is 0 Å². The maximum Gasteiger partial charge on any atom is 0.289 e. The number of para-hydroxylation sites is 1. The van der Waals surface area contributed by atoms with E-state index in [1.807, 2.05) is 14.1 Å². The maximum atomic E-state index is 13.0. The highest BCUT2D eigenvalue weighted by Crippen LogP contribution is 2.29. The number of ether oxygens (including phenoxy) is 1. The van der Waals surface area contributed by atoms with Crippen molar-refractivity contribution in [2.45, 2.75) is 23.8 Å². The van der Waals surface area contributed by atoms with Crippen molar-refractivity contribution in [2.75, 3.05) is 32.1 Å². The molecule has 150 valence electrons. The molecule has 2 heterocycles. The van der Waals surface area contributed by atoms with Gasteiger partial charge in [0.2, 0.25) is 15.9 Å². The molecule has 11 heteroatoms. The summed E-state index contributed by atoms with van der Waals surface area (Å²) < 4.78 is 32.9. The summed E-state index contributed by atoms with van der Waals surface area (Å²) in [4.78, 5) is 12.0. The molecule has 28 heavy (non-hydrogen) atoms. The van der Waals surface area contributed by atoms with E-state index in [-0.39, 0.29) is 18.0 Å². The maximum absolute atomic E-state index is 13.0. The van der Waals surface area contributed by atoms with Crippen molar-refractivity contribution in [3.8, 4) is 5.88 Å². The predicted octanol–water partition coefficient (Wildman–Crippen LogP) is 1.68. The molecule has 1 aromatic heterocycles. The smallest absolute Gasteiger partial charge is 0.289 e. The van der Waals surface area contributed by atoms with Gasteiger partial charge in [-0.15, -0.1) is 10.2 Å². The minimum atomic E-state index is -4.01. The van der Waals surface area contributed by atoms with Crippen LogP contribution in [0.2, 0.25) is 0 Å². The highest BCUT2D eigenvalue weighted by molar-refractivity contribution is 7.89. The number of sulfonamides is 1. The summed E-state index contributed by atoms with van der Waals surface area (Å²) in [6.07, 6.45) is 0.819. The summed E-state index contributed by atoms with van der Waals surface area (Å²) in [6, 6.07) is 8.79. The molecule has 2 aromatic rings. The fourth-order valence-corrected chi connectivity index (χ4v) is 4.64. The van der Waals surface area contributed by atoms with Crippen LogP contribution < -0.4 is 9.64 Å². The molecule has 0 saturated carbocycles. The number of aromatic nitrogens is 2. The number of hydrogen-bond acceptors (Lipinski definition) is 8. The van der Waals surface area contributed by atoms with Crippen molar-refractivity contribution >= 4 is 21.5 Å². The first kappa shape index (κ1) is 20.0. The molecule has 0 spiro atoms. The van der Waals surface area contributed by atoms with Crippen LogP contribution in [0.5, 0.6) is 5.88 Å². The zero-order valence-electron chi connectivity index (χ0n) is 15.6. The number of benzene rings is 1. The summed E-state index contributed by atoms with van der Waals surface area (Å²) >= 11 is 0. The number of piperidine rings is 1. The quantitative estimate of drug-likeness (QED) is 0.524. The first-order chi connectivity index (χ1) is 13.3. The molecule has 1 aromatic carbocycles. The highest BCUT2D eigenvalue weighted by Gasteiger charge is 2.35. The van der Waals surface area contributed by atoms with Crippen LogP contribution >= 0.6 is 0 Å². The van der Waals surface area contributed by atoms with Crippen molar-refractivity contribution in [1.82, 2.24) is 14.5 Å². The summed E-state index contributed by atoms with van der Waals surface area (Å²) in [6.45, 7) is 0.366. The van der Waals surface area contributed by atoms with Crippen LogP contribution in [0.3, 0.4) is 0 Å². The van der Waals surface area contributed by atoms with Gasteiger partial charge in [0, 0.05) is 32.8 Å². The molecule has 10 nitrogen and oxygen atoms in total. The Morgan fingerprint density at radius 3 is 2.61 bits per heavy atom. The van der Waals surface area contributed by atoms with Gasteiger partial charge in [0.1, 0.15) is 6.10 Å². The predicted molar refractivity (Wildman–Crippen MR) is 102 cm³/mol. The Bertz CT molecular complexity index is 949. The second-order valence-corrected chi connectivity index (χ2v) is 8.50. The average Bonchev–Trinajstić information content (AvgIpc) is 2.68. The third-order valence-electron chi connectivity index (χ3n) is 4.39. The van der Waals surface area contributed by atoms with Crippen LogP contribution in [-0.2, 0) is 10.0 Å². The molecule has 1 unspecified atom stereocenters. The van der Waals surface area contributed by atoms with Gasteiger partial charge in [-0.25, -0.2) is 8.42 Å². The van der Waals surface area contributed by atoms with Gasteiger partial charge in [0.25, 0.3) is 5.69 Å².